The van der Waals surface area contributed by atoms with E-state index in [-0.39, 0.29) is 12.7 Å². The minimum absolute atomic E-state index is 0.0598. The van der Waals surface area contributed by atoms with Gasteiger partial charge in [-0.25, -0.2) is 0 Å². The van der Waals surface area contributed by atoms with Crippen molar-refractivity contribution in [3.63, 3.8) is 0 Å². The van der Waals surface area contributed by atoms with Crippen LogP contribution in [0.3, 0.4) is 0 Å². The second kappa shape index (κ2) is 9.53. The van der Waals surface area contributed by atoms with Crippen LogP contribution in [0.15, 0.2) is 48.9 Å². The number of benzene rings is 1. The Bertz CT molecular complexity index is 1030. The van der Waals surface area contributed by atoms with Crippen molar-refractivity contribution in [1.29, 1.82) is 5.26 Å². The zero-order chi connectivity index (χ0) is 20.8. The van der Waals surface area contributed by atoms with Crippen LogP contribution in [0.1, 0.15) is 29.7 Å². The molecule has 0 bridgehead atoms. The van der Waals surface area contributed by atoms with Crippen molar-refractivity contribution in [1.82, 2.24) is 14.8 Å². The minimum Gasteiger partial charge on any atom is -0.489 e. The highest BCUT2D eigenvalue weighted by molar-refractivity contribution is 5.67. The van der Waals surface area contributed by atoms with Gasteiger partial charge in [0.2, 0.25) is 0 Å². The highest BCUT2D eigenvalue weighted by atomic mass is 16.5. The van der Waals surface area contributed by atoms with Crippen LogP contribution in [0, 0.1) is 11.3 Å². The summed E-state index contributed by atoms with van der Waals surface area (Å²) in [7, 11) is 0. The van der Waals surface area contributed by atoms with Crippen molar-refractivity contribution in [2.75, 3.05) is 19.8 Å². The summed E-state index contributed by atoms with van der Waals surface area (Å²) in [5.41, 5.74) is 4.42. The van der Waals surface area contributed by atoms with Gasteiger partial charge in [-0.1, -0.05) is 6.07 Å². The Morgan fingerprint density at radius 3 is 2.83 bits per heavy atom. The number of hydrogen-bond acceptors (Lipinski definition) is 6. The number of aromatic nitrogens is 3. The van der Waals surface area contributed by atoms with Crippen LogP contribution in [0.4, 0.5) is 0 Å². The summed E-state index contributed by atoms with van der Waals surface area (Å²) in [5.74, 6) is 0.624. The van der Waals surface area contributed by atoms with Crippen molar-refractivity contribution < 1.29 is 14.6 Å². The molecule has 1 saturated heterocycles. The monoisotopic (exact) mass is 404 g/mol. The lowest BCUT2D eigenvalue weighted by Gasteiger charge is -2.23. The van der Waals surface area contributed by atoms with Gasteiger partial charge in [0.05, 0.1) is 38.1 Å². The molecule has 2 aromatic heterocycles. The Balaban J connectivity index is 1.51. The summed E-state index contributed by atoms with van der Waals surface area (Å²) in [6.45, 7) is 1.93. The Hall–Kier alpha value is -3.21. The number of hydrogen-bond donors (Lipinski definition) is 1. The Labute approximate surface area is 175 Å². The molecule has 1 N–H and O–H groups in total. The van der Waals surface area contributed by atoms with E-state index in [2.05, 4.69) is 16.2 Å². The Morgan fingerprint density at radius 2 is 2.03 bits per heavy atom. The van der Waals surface area contributed by atoms with Crippen LogP contribution >= 0.6 is 0 Å². The van der Waals surface area contributed by atoms with Crippen molar-refractivity contribution in [3.05, 3.63) is 65.7 Å². The molecule has 30 heavy (non-hydrogen) atoms. The first kappa shape index (κ1) is 20.1. The largest absolute Gasteiger partial charge is 0.489 e. The van der Waals surface area contributed by atoms with E-state index >= 15 is 0 Å². The summed E-state index contributed by atoms with van der Waals surface area (Å²) in [5, 5.41) is 22.9. The molecular formula is C23H24N4O3. The van der Waals surface area contributed by atoms with Crippen LogP contribution in [-0.4, -0.2) is 45.8 Å². The fourth-order valence-corrected chi connectivity index (χ4v) is 3.56. The summed E-state index contributed by atoms with van der Waals surface area (Å²) >= 11 is 0. The maximum atomic E-state index is 9.62. The maximum absolute atomic E-state index is 9.62. The number of ether oxygens (including phenoxy) is 2. The van der Waals surface area contributed by atoms with Crippen molar-refractivity contribution in [3.8, 4) is 22.9 Å². The maximum Gasteiger partial charge on any atom is 0.137 e. The van der Waals surface area contributed by atoms with E-state index in [0.717, 1.165) is 35.2 Å². The van der Waals surface area contributed by atoms with Gasteiger partial charge in [0, 0.05) is 37.4 Å². The lowest BCUT2D eigenvalue weighted by molar-refractivity contribution is 0.0254. The highest BCUT2D eigenvalue weighted by Gasteiger charge is 2.17. The van der Waals surface area contributed by atoms with Crippen molar-refractivity contribution in [2.45, 2.75) is 31.9 Å². The first-order valence-corrected chi connectivity index (χ1v) is 10.1. The standard InChI is InChI=1S/C23H24N4O3/c24-14-20-12-18(1-2-23(20)30-22-4-9-29-10-5-22)19-3-6-25-21(13-19)11-17-15-26-27(16-17)7-8-28/h1-3,6,12-13,15-16,22,28H,4-5,7-11H2. The van der Waals surface area contributed by atoms with E-state index in [4.69, 9.17) is 14.6 Å². The predicted octanol–water partition coefficient (Wildman–Crippen LogP) is 2.96. The molecule has 0 aliphatic carbocycles. The number of aliphatic hydroxyl groups excluding tert-OH is 1. The molecule has 0 spiro atoms. The van der Waals surface area contributed by atoms with E-state index < -0.39 is 0 Å². The van der Waals surface area contributed by atoms with Crippen LogP contribution in [-0.2, 0) is 17.7 Å². The van der Waals surface area contributed by atoms with Gasteiger partial charge in [-0.15, -0.1) is 0 Å². The molecule has 3 heterocycles. The molecule has 7 nitrogen and oxygen atoms in total. The second-order valence-electron chi connectivity index (χ2n) is 7.30. The third-order valence-corrected chi connectivity index (χ3v) is 5.11. The van der Waals surface area contributed by atoms with Crippen molar-refractivity contribution in [2.24, 2.45) is 0 Å². The Kier molecular flexibility index (Phi) is 6.38. The van der Waals surface area contributed by atoms with Crippen LogP contribution in [0.2, 0.25) is 0 Å². The molecule has 0 unspecified atom stereocenters. The minimum atomic E-state index is 0.0598. The van der Waals surface area contributed by atoms with Gasteiger partial charge in [0.1, 0.15) is 17.9 Å². The average Bonchev–Trinajstić information content (AvgIpc) is 3.22. The van der Waals surface area contributed by atoms with Gasteiger partial charge in [0.25, 0.3) is 0 Å². The zero-order valence-electron chi connectivity index (χ0n) is 16.7. The van der Waals surface area contributed by atoms with Crippen LogP contribution in [0.25, 0.3) is 11.1 Å². The lowest BCUT2D eigenvalue weighted by atomic mass is 10.0. The normalized spacial score (nSPS) is 14.4. The number of nitriles is 1. The molecule has 0 amide bonds. The smallest absolute Gasteiger partial charge is 0.137 e. The number of aliphatic hydroxyl groups is 1. The van der Waals surface area contributed by atoms with E-state index in [1.54, 1.807) is 17.1 Å². The molecule has 1 aromatic carbocycles. The van der Waals surface area contributed by atoms with Gasteiger partial charge in [-0.3, -0.25) is 9.67 Å². The fourth-order valence-electron chi connectivity index (χ4n) is 3.56. The summed E-state index contributed by atoms with van der Waals surface area (Å²) in [4.78, 5) is 4.46. The molecule has 1 fully saturated rings. The summed E-state index contributed by atoms with van der Waals surface area (Å²) in [6.07, 6.45) is 7.92. The first-order valence-electron chi connectivity index (χ1n) is 10.1. The molecular weight excluding hydrogens is 380 g/mol. The van der Waals surface area contributed by atoms with E-state index in [1.165, 1.54) is 0 Å². The number of pyridine rings is 1. The van der Waals surface area contributed by atoms with Crippen molar-refractivity contribution >= 4 is 0 Å². The highest BCUT2D eigenvalue weighted by Crippen LogP contribution is 2.28. The molecule has 1 aliphatic heterocycles. The van der Waals surface area contributed by atoms with Crippen LogP contribution in [0.5, 0.6) is 5.75 Å². The zero-order valence-corrected chi connectivity index (χ0v) is 16.7. The third kappa shape index (κ3) is 4.85. The molecule has 0 atom stereocenters. The van der Waals surface area contributed by atoms with Gasteiger partial charge in [-0.2, -0.15) is 10.4 Å². The third-order valence-electron chi connectivity index (χ3n) is 5.11. The first-order chi connectivity index (χ1) is 14.7. The molecule has 4 rings (SSSR count). The average molecular weight is 404 g/mol. The summed E-state index contributed by atoms with van der Waals surface area (Å²) in [6, 6.07) is 12.0. The molecule has 0 saturated carbocycles. The quantitative estimate of drug-likeness (QED) is 0.651. The second-order valence-corrected chi connectivity index (χ2v) is 7.30. The van der Waals surface area contributed by atoms with Gasteiger partial charge >= 0.3 is 0 Å². The van der Waals surface area contributed by atoms with Gasteiger partial charge < -0.3 is 14.6 Å². The molecule has 7 heteroatoms. The molecule has 1 aliphatic rings. The van der Waals surface area contributed by atoms with E-state index in [1.807, 2.05) is 36.5 Å². The van der Waals surface area contributed by atoms with Gasteiger partial charge in [-0.05, 0) is 41.0 Å². The van der Waals surface area contributed by atoms with Crippen LogP contribution < -0.4 is 4.74 Å². The molecule has 0 radical (unpaired) electrons. The lowest BCUT2D eigenvalue weighted by Crippen LogP contribution is -2.26. The number of rotatable bonds is 7. The van der Waals surface area contributed by atoms with E-state index in [9.17, 15) is 5.26 Å². The van der Waals surface area contributed by atoms with Gasteiger partial charge in [0.15, 0.2) is 0 Å². The SMILES string of the molecule is N#Cc1cc(-c2ccnc(Cc3cnn(CCO)c3)c2)ccc1OC1CCOCC1. The number of nitrogens with zero attached hydrogens (tertiary/aromatic N) is 4. The molecule has 154 valence electrons. The predicted molar refractivity (Wildman–Crippen MR) is 111 cm³/mol. The molecule has 3 aromatic rings. The fraction of sp³-hybridized carbons (Fsp3) is 0.348. The topological polar surface area (TPSA) is 93.2 Å². The van der Waals surface area contributed by atoms with E-state index in [0.29, 0.717) is 37.5 Å². The Morgan fingerprint density at radius 1 is 1.20 bits per heavy atom. The summed E-state index contributed by atoms with van der Waals surface area (Å²) < 4.78 is 13.1.